The van der Waals surface area contributed by atoms with Crippen LogP contribution in [-0.2, 0) is 9.59 Å². The number of amides is 2. The number of alkyl halides is 3. The maximum Gasteiger partial charge on any atom is 0.394 e. The number of carbonyl (C=O) groups is 2. The van der Waals surface area contributed by atoms with E-state index in [1.165, 1.54) is 18.7 Å². The first kappa shape index (κ1) is 14.1. The lowest BCUT2D eigenvalue weighted by molar-refractivity contribution is -0.192. The number of halogens is 3. The van der Waals surface area contributed by atoms with Crippen molar-refractivity contribution in [2.75, 3.05) is 6.54 Å². The number of hydrogen-bond acceptors (Lipinski definition) is 2. The van der Waals surface area contributed by atoms with E-state index < -0.39 is 29.6 Å². The molecule has 2 fully saturated rings. The van der Waals surface area contributed by atoms with Crippen LogP contribution in [0, 0.1) is 5.92 Å². The third-order valence-electron chi connectivity index (χ3n) is 4.14. The second-order valence-corrected chi connectivity index (χ2v) is 5.69. The van der Waals surface area contributed by atoms with Crippen LogP contribution in [0.1, 0.15) is 33.1 Å². The van der Waals surface area contributed by atoms with Crippen LogP contribution in [0.2, 0.25) is 0 Å². The van der Waals surface area contributed by atoms with Crippen molar-refractivity contribution in [1.82, 2.24) is 10.2 Å². The van der Waals surface area contributed by atoms with Crippen LogP contribution in [-0.4, -0.2) is 41.0 Å². The SMILES string of the molecule is CC1(C)[C@H](C(F)(F)F)CCN1C(=O)[C@@H]1CCC(=O)N1. The first-order valence-electron chi connectivity index (χ1n) is 6.31. The Kier molecular flexibility index (Phi) is 3.26. The van der Waals surface area contributed by atoms with E-state index in [-0.39, 0.29) is 25.3 Å². The normalized spacial score (nSPS) is 30.6. The minimum absolute atomic E-state index is 0.0804. The Hall–Kier alpha value is -1.27. The first-order valence-corrected chi connectivity index (χ1v) is 6.31. The number of likely N-dealkylation sites (tertiary alicyclic amines) is 1. The number of carbonyl (C=O) groups excluding carboxylic acids is 2. The van der Waals surface area contributed by atoms with Gasteiger partial charge in [0.1, 0.15) is 6.04 Å². The zero-order chi connectivity index (χ0) is 14.4. The minimum atomic E-state index is -4.31. The van der Waals surface area contributed by atoms with Gasteiger partial charge < -0.3 is 10.2 Å². The molecule has 0 unspecified atom stereocenters. The van der Waals surface area contributed by atoms with Gasteiger partial charge in [0.15, 0.2) is 0 Å². The quantitative estimate of drug-likeness (QED) is 0.789. The highest BCUT2D eigenvalue weighted by molar-refractivity contribution is 5.91. The lowest BCUT2D eigenvalue weighted by atomic mass is 9.87. The second kappa shape index (κ2) is 4.38. The summed E-state index contributed by atoms with van der Waals surface area (Å²) in [5.41, 5.74) is -1.26. The van der Waals surface area contributed by atoms with Crippen molar-refractivity contribution < 1.29 is 22.8 Å². The zero-order valence-electron chi connectivity index (χ0n) is 10.9. The van der Waals surface area contributed by atoms with Crippen LogP contribution >= 0.6 is 0 Å². The van der Waals surface area contributed by atoms with Crippen molar-refractivity contribution in [2.45, 2.75) is 50.9 Å². The monoisotopic (exact) mass is 278 g/mol. The summed E-state index contributed by atoms with van der Waals surface area (Å²) in [4.78, 5) is 24.6. The summed E-state index contributed by atoms with van der Waals surface area (Å²) in [7, 11) is 0. The molecule has 0 aromatic heterocycles. The van der Waals surface area contributed by atoms with Crippen molar-refractivity contribution in [2.24, 2.45) is 5.92 Å². The number of hydrogen-bond donors (Lipinski definition) is 1. The van der Waals surface area contributed by atoms with Crippen LogP contribution in [0.25, 0.3) is 0 Å². The molecule has 2 heterocycles. The molecule has 0 spiro atoms. The first-order chi connectivity index (χ1) is 8.64. The molecule has 0 aromatic carbocycles. The van der Waals surface area contributed by atoms with Crippen LogP contribution in [0.5, 0.6) is 0 Å². The largest absolute Gasteiger partial charge is 0.394 e. The fourth-order valence-corrected chi connectivity index (χ4v) is 3.03. The molecule has 1 N–H and O–H groups in total. The molecule has 2 rings (SSSR count). The third kappa shape index (κ3) is 2.42. The van der Waals surface area contributed by atoms with Gasteiger partial charge >= 0.3 is 6.18 Å². The molecule has 0 bridgehead atoms. The highest BCUT2D eigenvalue weighted by Gasteiger charge is 2.56. The molecule has 2 amide bonds. The smallest absolute Gasteiger partial charge is 0.344 e. The fraction of sp³-hybridized carbons (Fsp3) is 0.833. The van der Waals surface area contributed by atoms with Crippen molar-refractivity contribution in [1.29, 1.82) is 0 Å². The average molecular weight is 278 g/mol. The van der Waals surface area contributed by atoms with E-state index >= 15 is 0 Å². The Balaban J connectivity index is 2.14. The Morgan fingerprint density at radius 1 is 1.37 bits per heavy atom. The topological polar surface area (TPSA) is 49.4 Å². The van der Waals surface area contributed by atoms with Gasteiger partial charge in [-0.1, -0.05) is 0 Å². The van der Waals surface area contributed by atoms with E-state index in [2.05, 4.69) is 5.32 Å². The molecule has 19 heavy (non-hydrogen) atoms. The summed E-state index contributed by atoms with van der Waals surface area (Å²) in [6, 6.07) is -0.668. The van der Waals surface area contributed by atoms with Gasteiger partial charge in [-0.05, 0) is 26.7 Å². The predicted octanol–water partition coefficient (Wildman–Crippen LogP) is 1.45. The van der Waals surface area contributed by atoms with Crippen molar-refractivity contribution in [3.05, 3.63) is 0 Å². The molecule has 0 radical (unpaired) electrons. The lowest BCUT2D eigenvalue weighted by Crippen LogP contribution is -2.54. The Morgan fingerprint density at radius 3 is 2.42 bits per heavy atom. The molecule has 2 aliphatic heterocycles. The molecule has 2 atom stereocenters. The maximum absolute atomic E-state index is 12.9. The van der Waals surface area contributed by atoms with Crippen molar-refractivity contribution >= 4 is 11.8 Å². The van der Waals surface area contributed by atoms with Gasteiger partial charge in [0.2, 0.25) is 11.8 Å². The zero-order valence-corrected chi connectivity index (χ0v) is 10.9. The molecular formula is C12H17F3N2O2. The molecule has 2 aliphatic rings. The Morgan fingerprint density at radius 2 is 2.00 bits per heavy atom. The summed E-state index contributed by atoms with van der Waals surface area (Å²) in [6.07, 6.45) is -3.77. The van der Waals surface area contributed by atoms with Gasteiger partial charge in [-0.15, -0.1) is 0 Å². The molecule has 0 aliphatic carbocycles. The number of nitrogens with one attached hydrogen (secondary N) is 1. The molecule has 7 heteroatoms. The summed E-state index contributed by atoms with van der Waals surface area (Å²) < 4.78 is 38.8. The van der Waals surface area contributed by atoms with Gasteiger partial charge in [0, 0.05) is 18.5 Å². The van der Waals surface area contributed by atoms with Gasteiger partial charge in [-0.2, -0.15) is 13.2 Å². The van der Waals surface area contributed by atoms with E-state index in [4.69, 9.17) is 0 Å². The molecule has 0 aromatic rings. The fourth-order valence-electron chi connectivity index (χ4n) is 3.03. The summed E-state index contributed by atoms with van der Waals surface area (Å²) in [6.45, 7) is 2.96. The van der Waals surface area contributed by atoms with Gasteiger partial charge in [-0.25, -0.2) is 0 Å². The molecule has 108 valence electrons. The summed E-state index contributed by atoms with van der Waals surface area (Å²) in [5, 5.41) is 2.51. The van der Waals surface area contributed by atoms with Gasteiger partial charge in [0.25, 0.3) is 0 Å². The van der Waals surface area contributed by atoms with Crippen LogP contribution < -0.4 is 5.32 Å². The maximum atomic E-state index is 12.9. The van der Waals surface area contributed by atoms with E-state index in [1.807, 2.05) is 0 Å². The molecular weight excluding hydrogens is 261 g/mol. The van der Waals surface area contributed by atoms with Crippen LogP contribution in [0.4, 0.5) is 13.2 Å². The molecule has 0 saturated carbocycles. The minimum Gasteiger partial charge on any atom is -0.344 e. The highest BCUT2D eigenvalue weighted by Crippen LogP contribution is 2.45. The standard InChI is InChI=1S/C12H17F3N2O2/c1-11(2)8(12(13,14)15)5-6-17(11)10(19)7-3-4-9(18)16-7/h7-8H,3-6H2,1-2H3,(H,16,18)/t7-,8+/m0/s1. The number of nitrogens with zero attached hydrogens (tertiary/aromatic N) is 1. The average Bonchev–Trinajstić information content (AvgIpc) is 2.79. The third-order valence-corrected chi connectivity index (χ3v) is 4.14. The number of rotatable bonds is 1. The van der Waals surface area contributed by atoms with Crippen LogP contribution in [0.15, 0.2) is 0 Å². The Bertz CT molecular complexity index is 406. The second-order valence-electron chi connectivity index (χ2n) is 5.69. The van der Waals surface area contributed by atoms with E-state index in [1.54, 1.807) is 0 Å². The van der Waals surface area contributed by atoms with Gasteiger partial charge in [0.05, 0.1) is 5.92 Å². The summed E-state index contributed by atoms with van der Waals surface area (Å²) in [5.74, 6) is -2.13. The van der Waals surface area contributed by atoms with Gasteiger partial charge in [-0.3, -0.25) is 9.59 Å². The van der Waals surface area contributed by atoms with Crippen molar-refractivity contribution in [3.63, 3.8) is 0 Å². The van der Waals surface area contributed by atoms with E-state index in [9.17, 15) is 22.8 Å². The van der Waals surface area contributed by atoms with E-state index in [0.29, 0.717) is 6.42 Å². The summed E-state index contributed by atoms with van der Waals surface area (Å²) >= 11 is 0. The Labute approximate surface area is 109 Å². The van der Waals surface area contributed by atoms with Crippen molar-refractivity contribution in [3.8, 4) is 0 Å². The predicted molar refractivity (Wildman–Crippen MR) is 61.1 cm³/mol. The molecule has 2 saturated heterocycles. The van der Waals surface area contributed by atoms with E-state index in [0.717, 1.165) is 0 Å². The lowest BCUT2D eigenvalue weighted by Gasteiger charge is -2.37. The highest BCUT2D eigenvalue weighted by atomic mass is 19.4. The molecule has 4 nitrogen and oxygen atoms in total. The van der Waals surface area contributed by atoms with Crippen LogP contribution in [0.3, 0.4) is 0 Å².